The van der Waals surface area contributed by atoms with Crippen LogP contribution in [0.2, 0.25) is 0 Å². The maximum absolute atomic E-state index is 12.5. The minimum Gasteiger partial charge on any atom is -0.472 e. The number of anilines is 1. The van der Waals surface area contributed by atoms with E-state index in [-0.39, 0.29) is 18.7 Å². The summed E-state index contributed by atoms with van der Waals surface area (Å²) in [5, 5.41) is 19.0. The third-order valence-corrected chi connectivity index (χ3v) is 4.56. The molecule has 9 heteroatoms. The minimum atomic E-state index is -0.210. The molecule has 26 heavy (non-hydrogen) atoms. The van der Waals surface area contributed by atoms with Crippen LogP contribution in [0, 0.1) is 0 Å². The van der Waals surface area contributed by atoms with E-state index in [0.29, 0.717) is 25.5 Å². The number of piperazine rings is 1. The smallest absolute Gasteiger partial charge is 0.324 e. The van der Waals surface area contributed by atoms with Crippen LogP contribution in [0.1, 0.15) is 31.2 Å². The number of amides is 2. The first-order valence-electron chi connectivity index (χ1n) is 9.02. The van der Waals surface area contributed by atoms with Gasteiger partial charge in [0.25, 0.3) is 0 Å². The molecule has 2 aromatic rings. The van der Waals surface area contributed by atoms with Gasteiger partial charge in [-0.1, -0.05) is 6.92 Å². The van der Waals surface area contributed by atoms with Crippen LogP contribution in [-0.2, 0) is 13.0 Å². The van der Waals surface area contributed by atoms with Gasteiger partial charge in [-0.2, -0.15) is 4.98 Å². The topological polar surface area (TPSA) is 111 Å². The van der Waals surface area contributed by atoms with Crippen molar-refractivity contribution < 1.29 is 14.3 Å². The lowest BCUT2D eigenvalue weighted by Gasteiger charge is -2.41. The number of carbonyl (C=O) groups is 1. The molecule has 142 valence electrons. The first-order valence-corrected chi connectivity index (χ1v) is 9.02. The molecule has 3 N–H and O–H groups in total. The number of rotatable bonds is 7. The van der Waals surface area contributed by atoms with Crippen LogP contribution in [0.5, 0.6) is 0 Å². The molecule has 9 nitrogen and oxygen atoms in total. The van der Waals surface area contributed by atoms with Crippen molar-refractivity contribution >= 4 is 12.0 Å². The molecule has 0 aromatic carbocycles. The van der Waals surface area contributed by atoms with Gasteiger partial charge in [-0.25, -0.2) is 4.79 Å². The highest BCUT2D eigenvalue weighted by Gasteiger charge is 2.29. The van der Waals surface area contributed by atoms with E-state index >= 15 is 0 Å². The molecular weight excluding hydrogens is 336 g/mol. The third-order valence-electron chi connectivity index (χ3n) is 4.56. The van der Waals surface area contributed by atoms with Gasteiger partial charge in [0.05, 0.1) is 12.5 Å². The molecule has 1 aliphatic heterocycles. The van der Waals surface area contributed by atoms with Crippen molar-refractivity contribution in [2.75, 3.05) is 31.6 Å². The quantitative estimate of drug-likeness (QED) is 0.688. The van der Waals surface area contributed by atoms with Crippen molar-refractivity contribution in [1.82, 2.24) is 25.0 Å². The summed E-state index contributed by atoms with van der Waals surface area (Å²) in [5.74, 6) is 1.07. The lowest BCUT2D eigenvalue weighted by molar-refractivity contribution is 0.0717. The Labute approximate surface area is 152 Å². The van der Waals surface area contributed by atoms with Crippen molar-refractivity contribution in [2.24, 2.45) is 0 Å². The van der Waals surface area contributed by atoms with Gasteiger partial charge in [-0.3, -0.25) is 15.3 Å². The standard InChI is InChI=1S/C17H26N6O3/c1-2-3-15-18-16(21-20-15)19-17(25)23-7-6-22(14(11-23)4-8-24)10-13-5-9-26-12-13/h5,9,12,14,24H,2-4,6-8,10-11H2,1H3,(H2,18,19,20,21,25). The molecule has 0 spiro atoms. The van der Waals surface area contributed by atoms with E-state index in [1.54, 1.807) is 17.4 Å². The average Bonchev–Trinajstić information content (AvgIpc) is 3.29. The summed E-state index contributed by atoms with van der Waals surface area (Å²) in [6.45, 7) is 4.79. The first kappa shape index (κ1) is 18.4. The van der Waals surface area contributed by atoms with E-state index in [0.717, 1.165) is 37.3 Å². The number of aryl methyl sites for hydroxylation is 1. The van der Waals surface area contributed by atoms with Crippen molar-refractivity contribution in [3.8, 4) is 0 Å². The van der Waals surface area contributed by atoms with Crippen LogP contribution in [0.25, 0.3) is 0 Å². The molecule has 0 radical (unpaired) electrons. The van der Waals surface area contributed by atoms with E-state index in [2.05, 4.69) is 32.3 Å². The first-order chi connectivity index (χ1) is 12.7. The zero-order valence-corrected chi connectivity index (χ0v) is 15.0. The number of carbonyl (C=O) groups excluding carboxylic acids is 1. The zero-order valence-electron chi connectivity index (χ0n) is 15.0. The third kappa shape index (κ3) is 4.61. The number of aromatic amines is 1. The Morgan fingerprint density at radius 3 is 3.12 bits per heavy atom. The Bertz CT molecular complexity index is 686. The second-order valence-corrected chi connectivity index (χ2v) is 6.50. The molecule has 3 heterocycles. The van der Waals surface area contributed by atoms with E-state index in [9.17, 15) is 9.90 Å². The molecule has 1 unspecified atom stereocenters. The van der Waals surface area contributed by atoms with Gasteiger partial charge in [-0.05, 0) is 18.9 Å². The Hall–Kier alpha value is -2.39. The number of aliphatic hydroxyl groups excluding tert-OH is 1. The molecular formula is C17H26N6O3. The average molecular weight is 362 g/mol. The normalized spacial score (nSPS) is 18.2. The van der Waals surface area contributed by atoms with Crippen molar-refractivity contribution in [1.29, 1.82) is 0 Å². The monoisotopic (exact) mass is 362 g/mol. The molecule has 3 rings (SSSR count). The molecule has 1 aliphatic rings. The molecule has 2 aromatic heterocycles. The van der Waals surface area contributed by atoms with Gasteiger partial charge in [0, 0.05) is 50.8 Å². The number of urea groups is 1. The van der Waals surface area contributed by atoms with E-state index < -0.39 is 0 Å². The summed E-state index contributed by atoms with van der Waals surface area (Å²) in [6.07, 6.45) is 5.76. The fourth-order valence-electron chi connectivity index (χ4n) is 3.20. The molecule has 1 fully saturated rings. The Morgan fingerprint density at radius 1 is 1.50 bits per heavy atom. The minimum absolute atomic E-state index is 0.0866. The molecule has 0 saturated carbocycles. The van der Waals surface area contributed by atoms with Crippen molar-refractivity contribution in [3.05, 3.63) is 30.0 Å². The molecule has 0 aliphatic carbocycles. The highest BCUT2D eigenvalue weighted by molar-refractivity contribution is 5.87. The maximum atomic E-state index is 12.5. The molecule has 2 amide bonds. The van der Waals surface area contributed by atoms with Crippen LogP contribution >= 0.6 is 0 Å². The van der Waals surface area contributed by atoms with Crippen molar-refractivity contribution in [3.63, 3.8) is 0 Å². The second kappa shape index (κ2) is 8.81. The predicted octanol–water partition coefficient (Wildman–Crippen LogP) is 1.45. The second-order valence-electron chi connectivity index (χ2n) is 6.50. The Kier molecular flexibility index (Phi) is 6.24. The molecule has 1 atom stereocenters. The summed E-state index contributed by atoms with van der Waals surface area (Å²) in [5.41, 5.74) is 1.09. The van der Waals surface area contributed by atoms with Crippen LogP contribution < -0.4 is 5.32 Å². The fourth-order valence-corrected chi connectivity index (χ4v) is 3.20. The number of hydrogen-bond acceptors (Lipinski definition) is 6. The van der Waals surface area contributed by atoms with Gasteiger partial charge >= 0.3 is 6.03 Å². The maximum Gasteiger partial charge on any atom is 0.324 e. The Balaban J connectivity index is 1.57. The highest BCUT2D eigenvalue weighted by atomic mass is 16.3. The van der Waals surface area contributed by atoms with Crippen molar-refractivity contribution in [2.45, 2.75) is 38.8 Å². The van der Waals surface area contributed by atoms with Gasteiger partial charge < -0.3 is 14.4 Å². The summed E-state index contributed by atoms with van der Waals surface area (Å²) >= 11 is 0. The molecule has 0 bridgehead atoms. The fraction of sp³-hybridized carbons (Fsp3) is 0.588. The number of nitrogens with one attached hydrogen (secondary N) is 2. The Morgan fingerprint density at radius 2 is 2.38 bits per heavy atom. The predicted molar refractivity (Wildman–Crippen MR) is 95.6 cm³/mol. The van der Waals surface area contributed by atoms with E-state index in [1.807, 2.05) is 6.07 Å². The summed E-state index contributed by atoms with van der Waals surface area (Å²) in [4.78, 5) is 20.8. The van der Waals surface area contributed by atoms with E-state index in [4.69, 9.17) is 4.42 Å². The van der Waals surface area contributed by atoms with Crippen LogP contribution in [0.3, 0.4) is 0 Å². The summed E-state index contributed by atoms with van der Waals surface area (Å²) in [7, 11) is 0. The number of aromatic nitrogens is 3. The number of nitrogens with zero attached hydrogens (tertiary/aromatic N) is 4. The van der Waals surface area contributed by atoms with Gasteiger partial charge in [0.1, 0.15) is 5.82 Å². The lowest BCUT2D eigenvalue weighted by atomic mass is 10.1. The van der Waals surface area contributed by atoms with Crippen LogP contribution in [-0.4, -0.2) is 68.4 Å². The van der Waals surface area contributed by atoms with E-state index in [1.165, 1.54) is 0 Å². The number of furan rings is 1. The highest BCUT2D eigenvalue weighted by Crippen LogP contribution is 2.17. The summed E-state index contributed by atoms with van der Waals surface area (Å²) in [6, 6.07) is 1.82. The zero-order chi connectivity index (χ0) is 18.4. The summed E-state index contributed by atoms with van der Waals surface area (Å²) < 4.78 is 5.13. The van der Waals surface area contributed by atoms with Gasteiger partial charge in [0.15, 0.2) is 0 Å². The largest absolute Gasteiger partial charge is 0.472 e. The van der Waals surface area contributed by atoms with Crippen LogP contribution in [0.4, 0.5) is 10.7 Å². The SMILES string of the molecule is CCCc1nc(NC(=O)N2CCN(Cc3ccoc3)C(CCO)C2)n[nH]1. The van der Waals surface area contributed by atoms with Gasteiger partial charge in [-0.15, -0.1) is 5.10 Å². The number of H-pyrrole nitrogens is 1. The lowest BCUT2D eigenvalue weighted by Crippen LogP contribution is -2.55. The molecule has 1 saturated heterocycles. The van der Waals surface area contributed by atoms with Crippen LogP contribution in [0.15, 0.2) is 23.0 Å². The number of hydrogen-bond donors (Lipinski definition) is 3. The van der Waals surface area contributed by atoms with Gasteiger partial charge in [0.2, 0.25) is 5.95 Å². The number of aliphatic hydroxyl groups is 1.